The van der Waals surface area contributed by atoms with E-state index < -0.39 is 0 Å². The number of aromatic nitrogens is 2. The summed E-state index contributed by atoms with van der Waals surface area (Å²) in [6, 6.07) is 16.2. The first-order valence-electron chi connectivity index (χ1n) is 6.57. The molecule has 100 valence electrons. The van der Waals surface area contributed by atoms with E-state index in [2.05, 4.69) is 31.1 Å². The molecule has 3 nitrogen and oxygen atoms in total. The van der Waals surface area contributed by atoms with E-state index in [9.17, 15) is 0 Å². The first-order valence-corrected chi connectivity index (χ1v) is 6.57. The maximum Gasteiger partial charge on any atom is 0.165 e. The van der Waals surface area contributed by atoms with Crippen molar-refractivity contribution in [2.75, 3.05) is 0 Å². The highest BCUT2D eigenvalue weighted by atomic mass is 16.5. The smallest absolute Gasteiger partial charge is 0.165 e. The number of hydrogen-bond donors (Lipinski definition) is 0. The Balaban J connectivity index is 1.82. The van der Waals surface area contributed by atoms with Gasteiger partial charge in [-0.05, 0) is 43.7 Å². The zero-order valence-corrected chi connectivity index (χ0v) is 11.6. The normalized spacial score (nSPS) is 10.5. The lowest BCUT2D eigenvalue weighted by Gasteiger charge is -2.03. The minimum atomic E-state index is 0.732. The second kappa shape index (κ2) is 5.21. The Labute approximate surface area is 118 Å². The van der Waals surface area contributed by atoms with Gasteiger partial charge < -0.3 is 4.74 Å². The molecule has 0 amide bonds. The molecule has 0 spiro atoms. The van der Waals surface area contributed by atoms with E-state index in [1.165, 1.54) is 11.1 Å². The second-order valence-electron chi connectivity index (χ2n) is 4.87. The molecule has 0 atom stereocenters. The Morgan fingerprint density at radius 3 is 2.45 bits per heavy atom. The number of aryl methyl sites for hydroxylation is 2. The van der Waals surface area contributed by atoms with Crippen LogP contribution < -0.4 is 4.74 Å². The fraction of sp³-hybridized carbons (Fsp3) is 0.118. The van der Waals surface area contributed by atoms with Crippen molar-refractivity contribution in [2.24, 2.45) is 0 Å². The quantitative estimate of drug-likeness (QED) is 0.706. The lowest BCUT2D eigenvalue weighted by molar-refractivity contribution is 0.482. The average Bonchev–Trinajstić information content (AvgIpc) is 2.90. The van der Waals surface area contributed by atoms with Crippen molar-refractivity contribution in [3.63, 3.8) is 0 Å². The van der Waals surface area contributed by atoms with Gasteiger partial charge >= 0.3 is 0 Å². The zero-order chi connectivity index (χ0) is 13.9. The Bertz CT molecular complexity index is 714. The fourth-order valence-electron chi connectivity index (χ4n) is 2.01. The Morgan fingerprint density at radius 1 is 0.900 bits per heavy atom. The van der Waals surface area contributed by atoms with Crippen LogP contribution in [-0.4, -0.2) is 9.78 Å². The van der Waals surface area contributed by atoms with Gasteiger partial charge in [0.05, 0.1) is 18.1 Å². The van der Waals surface area contributed by atoms with Gasteiger partial charge in [-0.15, -0.1) is 0 Å². The third-order valence-corrected chi connectivity index (χ3v) is 3.08. The molecule has 0 saturated heterocycles. The van der Waals surface area contributed by atoms with Gasteiger partial charge in [0.1, 0.15) is 5.75 Å². The summed E-state index contributed by atoms with van der Waals surface area (Å²) in [6.45, 7) is 4.12. The molecule has 0 unspecified atom stereocenters. The van der Waals surface area contributed by atoms with Gasteiger partial charge in [0.25, 0.3) is 0 Å². The summed E-state index contributed by atoms with van der Waals surface area (Å²) >= 11 is 0. The Kier molecular flexibility index (Phi) is 3.25. The molecule has 0 saturated carbocycles. The third kappa shape index (κ3) is 2.72. The summed E-state index contributed by atoms with van der Waals surface area (Å²) in [5.41, 5.74) is 3.45. The van der Waals surface area contributed by atoms with E-state index in [1.807, 2.05) is 47.3 Å². The van der Waals surface area contributed by atoms with Gasteiger partial charge in [-0.3, -0.25) is 0 Å². The van der Waals surface area contributed by atoms with Gasteiger partial charge in [0.2, 0.25) is 0 Å². The predicted octanol–water partition coefficient (Wildman–Crippen LogP) is 4.28. The Hall–Kier alpha value is -2.55. The first-order chi connectivity index (χ1) is 9.70. The summed E-state index contributed by atoms with van der Waals surface area (Å²) < 4.78 is 7.60. The van der Waals surface area contributed by atoms with Gasteiger partial charge in [0, 0.05) is 0 Å². The van der Waals surface area contributed by atoms with Crippen molar-refractivity contribution < 1.29 is 4.74 Å². The van der Waals surface area contributed by atoms with E-state index in [-0.39, 0.29) is 0 Å². The summed E-state index contributed by atoms with van der Waals surface area (Å²) in [6.07, 6.45) is 3.61. The molecule has 0 bridgehead atoms. The number of ether oxygens (including phenoxy) is 1. The van der Waals surface area contributed by atoms with Gasteiger partial charge in [-0.2, -0.15) is 5.10 Å². The predicted molar refractivity (Wildman–Crippen MR) is 79.6 cm³/mol. The average molecular weight is 264 g/mol. The molecular weight excluding hydrogens is 248 g/mol. The number of benzene rings is 2. The molecule has 3 rings (SSSR count). The van der Waals surface area contributed by atoms with Crippen LogP contribution in [0.15, 0.2) is 60.9 Å². The molecule has 0 aliphatic heterocycles. The Morgan fingerprint density at radius 2 is 1.70 bits per heavy atom. The van der Waals surface area contributed by atoms with Crippen LogP contribution in [0.4, 0.5) is 0 Å². The third-order valence-electron chi connectivity index (χ3n) is 3.08. The highest BCUT2D eigenvalue weighted by Gasteiger charge is 2.03. The van der Waals surface area contributed by atoms with Gasteiger partial charge in [-0.25, -0.2) is 4.68 Å². The zero-order valence-electron chi connectivity index (χ0n) is 11.6. The summed E-state index contributed by atoms with van der Waals surface area (Å²) in [4.78, 5) is 0. The molecule has 0 aliphatic rings. The molecule has 20 heavy (non-hydrogen) atoms. The lowest BCUT2D eigenvalue weighted by Crippen LogP contribution is -1.93. The van der Waals surface area contributed by atoms with E-state index in [1.54, 1.807) is 6.20 Å². The number of nitrogens with zero attached hydrogens (tertiary/aromatic N) is 2. The number of hydrogen-bond acceptors (Lipinski definition) is 2. The lowest BCUT2D eigenvalue weighted by atomic mass is 10.2. The monoisotopic (exact) mass is 264 g/mol. The van der Waals surface area contributed by atoms with E-state index >= 15 is 0 Å². The maximum absolute atomic E-state index is 5.78. The molecular formula is C17H16N2O. The van der Waals surface area contributed by atoms with Crippen LogP contribution in [0.1, 0.15) is 11.1 Å². The van der Waals surface area contributed by atoms with Crippen molar-refractivity contribution in [1.29, 1.82) is 0 Å². The SMILES string of the molecule is Cc1ccc(Oc2cnn(-c3cccc(C)c3)c2)cc1. The molecule has 1 heterocycles. The van der Waals surface area contributed by atoms with Crippen molar-refractivity contribution in [2.45, 2.75) is 13.8 Å². The van der Waals surface area contributed by atoms with Crippen LogP contribution in [0.5, 0.6) is 11.5 Å². The van der Waals surface area contributed by atoms with Crippen LogP contribution >= 0.6 is 0 Å². The minimum absolute atomic E-state index is 0.732. The highest BCUT2D eigenvalue weighted by molar-refractivity contribution is 5.37. The summed E-state index contributed by atoms with van der Waals surface area (Å²) in [5.74, 6) is 1.55. The van der Waals surface area contributed by atoms with Crippen molar-refractivity contribution >= 4 is 0 Å². The summed E-state index contributed by atoms with van der Waals surface area (Å²) in [5, 5.41) is 4.33. The van der Waals surface area contributed by atoms with E-state index in [4.69, 9.17) is 4.74 Å². The molecule has 3 heteroatoms. The van der Waals surface area contributed by atoms with Gasteiger partial charge in [-0.1, -0.05) is 29.8 Å². The molecule has 1 aromatic heterocycles. The molecule has 0 radical (unpaired) electrons. The van der Waals surface area contributed by atoms with Crippen LogP contribution in [0.3, 0.4) is 0 Å². The number of rotatable bonds is 3. The van der Waals surface area contributed by atoms with Gasteiger partial charge in [0.15, 0.2) is 5.75 Å². The fourth-order valence-corrected chi connectivity index (χ4v) is 2.01. The van der Waals surface area contributed by atoms with Crippen LogP contribution in [0.25, 0.3) is 5.69 Å². The first kappa shape index (κ1) is 12.5. The van der Waals surface area contributed by atoms with Crippen LogP contribution in [0.2, 0.25) is 0 Å². The van der Waals surface area contributed by atoms with Crippen LogP contribution in [0, 0.1) is 13.8 Å². The molecule has 3 aromatic rings. The minimum Gasteiger partial charge on any atom is -0.454 e. The standard InChI is InChI=1S/C17H16N2O/c1-13-6-8-16(9-7-13)20-17-11-18-19(12-17)15-5-3-4-14(2)10-15/h3-12H,1-2H3. The van der Waals surface area contributed by atoms with Crippen molar-refractivity contribution in [3.8, 4) is 17.2 Å². The van der Waals surface area contributed by atoms with Crippen LogP contribution in [-0.2, 0) is 0 Å². The largest absolute Gasteiger partial charge is 0.454 e. The van der Waals surface area contributed by atoms with Crippen molar-refractivity contribution in [3.05, 3.63) is 72.1 Å². The summed E-state index contributed by atoms with van der Waals surface area (Å²) in [7, 11) is 0. The van der Waals surface area contributed by atoms with E-state index in [0.717, 1.165) is 17.2 Å². The molecule has 2 aromatic carbocycles. The second-order valence-corrected chi connectivity index (χ2v) is 4.87. The van der Waals surface area contributed by atoms with E-state index in [0.29, 0.717) is 0 Å². The topological polar surface area (TPSA) is 27.1 Å². The molecule has 0 N–H and O–H groups in total. The highest BCUT2D eigenvalue weighted by Crippen LogP contribution is 2.22. The maximum atomic E-state index is 5.78. The molecule has 0 aliphatic carbocycles. The van der Waals surface area contributed by atoms with Crippen molar-refractivity contribution in [1.82, 2.24) is 9.78 Å². The molecule has 0 fully saturated rings.